The first-order chi connectivity index (χ1) is 16.0. The minimum Gasteiger partial charge on any atom is -0.493 e. The van der Waals surface area contributed by atoms with Crippen molar-refractivity contribution < 1.29 is 13.9 Å². The largest absolute Gasteiger partial charge is 0.493 e. The highest BCUT2D eigenvalue weighted by molar-refractivity contribution is 5.81. The van der Waals surface area contributed by atoms with Gasteiger partial charge in [0.2, 0.25) is 0 Å². The molecule has 170 valence electrons. The first kappa shape index (κ1) is 22.5. The van der Waals surface area contributed by atoms with Gasteiger partial charge in [-0.1, -0.05) is 43.3 Å². The van der Waals surface area contributed by atoms with E-state index in [1.807, 2.05) is 18.2 Å². The fraction of sp³-hybridized carbons (Fsp3) is 0.231. The Hall–Kier alpha value is -3.71. The lowest BCUT2D eigenvalue weighted by Gasteiger charge is -2.20. The van der Waals surface area contributed by atoms with Gasteiger partial charge in [-0.3, -0.25) is 10.1 Å². The maximum Gasteiger partial charge on any atom is 0.258 e. The minimum absolute atomic E-state index is 0.271. The van der Waals surface area contributed by atoms with Crippen LogP contribution < -0.4 is 20.3 Å². The third kappa shape index (κ3) is 4.88. The van der Waals surface area contributed by atoms with Crippen LogP contribution in [-0.2, 0) is 13.0 Å². The summed E-state index contributed by atoms with van der Waals surface area (Å²) in [6, 6.07) is 17.7. The highest BCUT2D eigenvalue weighted by Gasteiger charge is 2.16. The molecule has 4 aromatic rings. The molecule has 0 aliphatic rings. The zero-order valence-corrected chi connectivity index (χ0v) is 18.8. The molecule has 33 heavy (non-hydrogen) atoms. The van der Waals surface area contributed by atoms with Gasteiger partial charge in [-0.15, -0.1) is 0 Å². The van der Waals surface area contributed by atoms with Crippen LogP contribution in [0.15, 0.2) is 65.5 Å². The van der Waals surface area contributed by atoms with Crippen molar-refractivity contribution in [3.05, 3.63) is 99.3 Å². The van der Waals surface area contributed by atoms with E-state index in [2.05, 4.69) is 34.3 Å². The van der Waals surface area contributed by atoms with E-state index in [0.29, 0.717) is 28.2 Å². The lowest BCUT2D eigenvalue weighted by atomic mass is 9.97. The number of hydrogen-bond acceptors (Lipinski definition) is 5. The average Bonchev–Trinajstić information content (AvgIpc) is 2.84. The summed E-state index contributed by atoms with van der Waals surface area (Å²) in [5.41, 5.74) is 3.23. The van der Waals surface area contributed by atoms with Crippen LogP contribution in [0.3, 0.4) is 0 Å². The number of benzene rings is 3. The Labute approximate surface area is 191 Å². The van der Waals surface area contributed by atoms with Gasteiger partial charge in [0, 0.05) is 6.07 Å². The van der Waals surface area contributed by atoms with Crippen LogP contribution >= 0.6 is 0 Å². The lowest BCUT2D eigenvalue weighted by Crippen LogP contribution is -2.25. The molecule has 1 heterocycles. The number of aromatic amines is 1. The van der Waals surface area contributed by atoms with Crippen molar-refractivity contribution in [1.82, 2.24) is 15.3 Å². The molecule has 1 atom stereocenters. The SMILES string of the molecule is CCc1ccc(C(NCc2nc3cc(OC)c(OC)cc3c(=O)[nH]2)c2cccc(F)c2)cc1. The van der Waals surface area contributed by atoms with Gasteiger partial charge in [0.1, 0.15) is 11.6 Å². The van der Waals surface area contributed by atoms with E-state index < -0.39 is 0 Å². The number of ether oxygens (including phenoxy) is 2. The molecule has 0 saturated carbocycles. The Bertz CT molecular complexity index is 1320. The van der Waals surface area contributed by atoms with Crippen molar-refractivity contribution in [1.29, 1.82) is 0 Å². The van der Waals surface area contributed by atoms with E-state index in [1.165, 1.54) is 31.9 Å². The van der Waals surface area contributed by atoms with E-state index in [1.54, 1.807) is 18.2 Å². The summed E-state index contributed by atoms with van der Waals surface area (Å²) < 4.78 is 24.6. The summed E-state index contributed by atoms with van der Waals surface area (Å²) in [5, 5.41) is 3.83. The van der Waals surface area contributed by atoms with Gasteiger partial charge in [-0.2, -0.15) is 0 Å². The Morgan fingerprint density at radius 1 is 1.00 bits per heavy atom. The summed E-state index contributed by atoms with van der Waals surface area (Å²) in [7, 11) is 3.05. The van der Waals surface area contributed by atoms with Crippen LogP contribution in [-0.4, -0.2) is 24.2 Å². The maximum absolute atomic E-state index is 14.0. The zero-order valence-electron chi connectivity index (χ0n) is 18.8. The van der Waals surface area contributed by atoms with Crippen molar-refractivity contribution in [3.63, 3.8) is 0 Å². The summed E-state index contributed by atoms with van der Waals surface area (Å²) in [6.45, 7) is 2.37. The van der Waals surface area contributed by atoms with E-state index >= 15 is 0 Å². The van der Waals surface area contributed by atoms with Crippen molar-refractivity contribution in [2.24, 2.45) is 0 Å². The van der Waals surface area contributed by atoms with Crippen molar-refractivity contribution >= 4 is 10.9 Å². The molecule has 2 N–H and O–H groups in total. The molecule has 7 heteroatoms. The highest BCUT2D eigenvalue weighted by Crippen LogP contribution is 2.30. The smallest absolute Gasteiger partial charge is 0.258 e. The minimum atomic E-state index is -0.303. The highest BCUT2D eigenvalue weighted by atomic mass is 19.1. The predicted octanol–water partition coefficient (Wildman–Crippen LogP) is 4.52. The lowest BCUT2D eigenvalue weighted by molar-refractivity contribution is 0.355. The van der Waals surface area contributed by atoms with Crippen molar-refractivity contribution in [3.8, 4) is 11.5 Å². The standard InChI is InChI=1S/C26H26FN3O3/c1-4-16-8-10-17(11-9-16)25(18-6-5-7-19(27)12-18)28-15-24-29-21-14-23(33-3)22(32-2)13-20(21)26(31)30-24/h5-14,25,28H,4,15H2,1-3H3,(H,29,30,31). The van der Waals surface area contributed by atoms with Crippen molar-refractivity contribution in [2.75, 3.05) is 14.2 Å². The average molecular weight is 448 g/mol. The van der Waals surface area contributed by atoms with Gasteiger partial charge in [0.15, 0.2) is 11.5 Å². The van der Waals surface area contributed by atoms with Gasteiger partial charge >= 0.3 is 0 Å². The molecule has 1 aromatic heterocycles. The van der Waals surface area contributed by atoms with Gasteiger partial charge in [0.05, 0.1) is 37.7 Å². The number of nitrogens with zero attached hydrogens (tertiary/aromatic N) is 1. The molecule has 0 radical (unpaired) electrons. The number of H-pyrrole nitrogens is 1. The second kappa shape index (κ2) is 9.83. The number of hydrogen-bond donors (Lipinski definition) is 2. The second-order valence-electron chi connectivity index (χ2n) is 7.70. The Kier molecular flexibility index (Phi) is 6.70. The summed E-state index contributed by atoms with van der Waals surface area (Å²) >= 11 is 0. The van der Waals surface area contributed by atoms with Crippen LogP contribution in [0.1, 0.15) is 35.5 Å². The first-order valence-corrected chi connectivity index (χ1v) is 10.7. The van der Waals surface area contributed by atoms with E-state index in [0.717, 1.165) is 17.5 Å². The molecule has 0 spiro atoms. The summed E-state index contributed by atoms with van der Waals surface area (Å²) in [5.74, 6) is 1.12. The van der Waals surface area contributed by atoms with Crippen molar-refractivity contribution in [2.45, 2.75) is 25.9 Å². The number of rotatable bonds is 8. The molecule has 3 aromatic carbocycles. The second-order valence-corrected chi connectivity index (χ2v) is 7.70. The number of methoxy groups -OCH3 is 2. The third-order valence-corrected chi connectivity index (χ3v) is 5.64. The maximum atomic E-state index is 14.0. The summed E-state index contributed by atoms with van der Waals surface area (Å²) in [4.78, 5) is 20.1. The topological polar surface area (TPSA) is 76.2 Å². The fourth-order valence-corrected chi connectivity index (χ4v) is 3.86. The Morgan fingerprint density at radius 2 is 1.73 bits per heavy atom. The van der Waals surface area contributed by atoms with Crippen LogP contribution in [0.2, 0.25) is 0 Å². The van der Waals surface area contributed by atoms with Gasteiger partial charge in [-0.05, 0) is 41.3 Å². The van der Waals surface area contributed by atoms with Crippen LogP contribution in [0.25, 0.3) is 10.9 Å². The van der Waals surface area contributed by atoms with Crippen LogP contribution in [0.4, 0.5) is 4.39 Å². The number of fused-ring (bicyclic) bond motifs is 1. The predicted molar refractivity (Wildman–Crippen MR) is 126 cm³/mol. The number of nitrogens with one attached hydrogen (secondary N) is 2. The third-order valence-electron chi connectivity index (χ3n) is 5.64. The Balaban J connectivity index is 1.67. The van der Waals surface area contributed by atoms with E-state index in [9.17, 15) is 9.18 Å². The quantitative estimate of drug-likeness (QED) is 0.415. The Morgan fingerprint density at radius 3 is 2.39 bits per heavy atom. The summed E-state index contributed by atoms with van der Waals surface area (Å²) in [6.07, 6.45) is 0.939. The molecule has 0 aliphatic heterocycles. The molecule has 0 aliphatic carbocycles. The van der Waals surface area contributed by atoms with Gasteiger partial charge < -0.3 is 14.5 Å². The molecule has 0 bridgehead atoms. The normalized spacial score (nSPS) is 12.0. The molecule has 4 rings (SSSR count). The number of aromatic nitrogens is 2. The van der Waals surface area contributed by atoms with Crippen LogP contribution in [0, 0.1) is 5.82 Å². The fourth-order valence-electron chi connectivity index (χ4n) is 3.86. The number of aryl methyl sites for hydroxylation is 1. The van der Waals surface area contributed by atoms with E-state index in [-0.39, 0.29) is 24.0 Å². The first-order valence-electron chi connectivity index (χ1n) is 10.7. The molecule has 0 saturated heterocycles. The van der Waals surface area contributed by atoms with E-state index in [4.69, 9.17) is 9.47 Å². The van der Waals surface area contributed by atoms with Gasteiger partial charge in [-0.25, -0.2) is 9.37 Å². The zero-order chi connectivity index (χ0) is 23.4. The molecule has 6 nitrogen and oxygen atoms in total. The molecular weight excluding hydrogens is 421 g/mol. The van der Waals surface area contributed by atoms with Crippen LogP contribution in [0.5, 0.6) is 11.5 Å². The van der Waals surface area contributed by atoms with Gasteiger partial charge in [0.25, 0.3) is 5.56 Å². The number of halogens is 1. The molecule has 1 unspecified atom stereocenters. The molecule has 0 amide bonds. The molecule has 0 fully saturated rings. The monoisotopic (exact) mass is 447 g/mol. The molecular formula is C26H26FN3O3.